The van der Waals surface area contributed by atoms with Gasteiger partial charge in [-0.25, -0.2) is 8.42 Å². The third-order valence-corrected chi connectivity index (χ3v) is 6.64. The van der Waals surface area contributed by atoms with Crippen molar-refractivity contribution in [2.75, 3.05) is 4.31 Å². The van der Waals surface area contributed by atoms with Crippen LogP contribution in [0, 0.1) is 0 Å². The minimum absolute atomic E-state index is 0.0827. The Balaban J connectivity index is 2.32. The average molecular weight is 310 g/mol. The Hall–Kier alpha value is -1.07. The van der Waals surface area contributed by atoms with Gasteiger partial charge < -0.3 is 5.73 Å². The van der Waals surface area contributed by atoms with Crippen LogP contribution in [-0.2, 0) is 16.6 Å². The van der Waals surface area contributed by atoms with Crippen LogP contribution in [-0.4, -0.2) is 19.7 Å². The Morgan fingerprint density at radius 2 is 1.71 bits per heavy atom. The van der Waals surface area contributed by atoms with Crippen LogP contribution < -0.4 is 10.0 Å². The van der Waals surface area contributed by atoms with E-state index >= 15 is 0 Å². The molecule has 1 aliphatic rings. The van der Waals surface area contributed by atoms with E-state index in [2.05, 4.69) is 0 Å². The van der Waals surface area contributed by atoms with Gasteiger partial charge in [0.05, 0.1) is 10.9 Å². The number of hydrogen-bond acceptors (Lipinski definition) is 3. The zero-order chi connectivity index (χ0) is 15.5. The van der Waals surface area contributed by atoms with Gasteiger partial charge in [0.1, 0.15) is 0 Å². The Morgan fingerprint density at radius 1 is 1.14 bits per heavy atom. The lowest BCUT2D eigenvalue weighted by Gasteiger charge is -2.33. The Labute approximate surface area is 128 Å². The number of anilines is 1. The Morgan fingerprint density at radius 3 is 2.19 bits per heavy atom. The molecule has 0 aromatic heterocycles. The second-order valence-electron chi connectivity index (χ2n) is 6.07. The molecule has 0 aliphatic heterocycles. The lowest BCUT2D eigenvalue weighted by Crippen LogP contribution is -2.43. The van der Waals surface area contributed by atoms with Crippen LogP contribution in [0.15, 0.2) is 24.3 Å². The molecule has 1 saturated carbocycles. The van der Waals surface area contributed by atoms with Crippen LogP contribution in [0.1, 0.15) is 51.5 Å². The number of nitrogens with two attached hydrogens (primary N) is 1. The molecule has 0 amide bonds. The number of hydrogen-bond donors (Lipinski definition) is 1. The van der Waals surface area contributed by atoms with Crippen molar-refractivity contribution in [3.8, 4) is 0 Å². The first-order chi connectivity index (χ1) is 9.96. The van der Waals surface area contributed by atoms with Gasteiger partial charge in [0.15, 0.2) is 0 Å². The van der Waals surface area contributed by atoms with Crippen molar-refractivity contribution in [2.24, 2.45) is 5.73 Å². The number of sulfonamides is 1. The molecular formula is C16H26N2O2S. The summed E-state index contributed by atoms with van der Waals surface area (Å²) in [6, 6.07) is 7.45. The summed E-state index contributed by atoms with van der Waals surface area (Å²) in [7, 11) is -3.29. The van der Waals surface area contributed by atoms with E-state index in [1.54, 1.807) is 4.31 Å². The molecule has 2 rings (SSSR count). The zero-order valence-corrected chi connectivity index (χ0v) is 13.8. The van der Waals surface area contributed by atoms with E-state index in [0.29, 0.717) is 6.54 Å². The van der Waals surface area contributed by atoms with Gasteiger partial charge in [-0.2, -0.15) is 0 Å². The molecule has 0 radical (unpaired) electrons. The van der Waals surface area contributed by atoms with Crippen LogP contribution in [0.2, 0.25) is 0 Å². The van der Waals surface area contributed by atoms with Crippen molar-refractivity contribution in [3.63, 3.8) is 0 Å². The quantitative estimate of drug-likeness (QED) is 0.909. The molecule has 0 bridgehead atoms. The molecule has 0 unspecified atom stereocenters. The maximum atomic E-state index is 13.0. The maximum Gasteiger partial charge on any atom is 0.238 e. The zero-order valence-electron chi connectivity index (χ0n) is 13.0. The van der Waals surface area contributed by atoms with E-state index in [9.17, 15) is 8.42 Å². The molecule has 0 atom stereocenters. The van der Waals surface area contributed by atoms with Gasteiger partial charge in [-0.1, -0.05) is 31.4 Å². The normalized spacial score (nSPS) is 17.1. The lowest BCUT2D eigenvalue weighted by molar-refractivity contribution is 0.479. The predicted octanol–water partition coefficient (Wildman–Crippen LogP) is 3.02. The Kier molecular flexibility index (Phi) is 5.27. The molecule has 1 fully saturated rings. The van der Waals surface area contributed by atoms with Crippen LogP contribution in [0.3, 0.4) is 0 Å². The van der Waals surface area contributed by atoms with Gasteiger partial charge in [-0.3, -0.25) is 4.31 Å². The molecule has 1 aromatic carbocycles. The number of benzene rings is 1. The van der Waals surface area contributed by atoms with E-state index in [4.69, 9.17) is 5.73 Å². The average Bonchev–Trinajstić information content (AvgIpc) is 2.48. The fourth-order valence-corrected chi connectivity index (χ4v) is 5.29. The predicted molar refractivity (Wildman–Crippen MR) is 87.7 cm³/mol. The van der Waals surface area contributed by atoms with E-state index in [1.807, 2.05) is 38.1 Å². The van der Waals surface area contributed by atoms with E-state index in [-0.39, 0.29) is 11.3 Å². The highest BCUT2D eigenvalue weighted by Crippen LogP contribution is 2.30. The molecule has 1 aliphatic carbocycles. The lowest BCUT2D eigenvalue weighted by atomic mass is 10.0. The third-order valence-electron chi connectivity index (χ3n) is 4.14. The van der Waals surface area contributed by atoms with Crippen LogP contribution in [0.25, 0.3) is 0 Å². The van der Waals surface area contributed by atoms with Gasteiger partial charge in [-0.05, 0) is 44.4 Å². The SMILES string of the molecule is CC(C)N(c1ccc(CN)cc1)S(=O)(=O)C1CCCCC1. The molecule has 2 N–H and O–H groups in total. The van der Waals surface area contributed by atoms with Gasteiger partial charge in [0.2, 0.25) is 10.0 Å². The summed E-state index contributed by atoms with van der Waals surface area (Å²) in [5.41, 5.74) is 7.36. The molecule has 21 heavy (non-hydrogen) atoms. The van der Waals surface area contributed by atoms with Crippen molar-refractivity contribution < 1.29 is 8.42 Å². The fraction of sp³-hybridized carbons (Fsp3) is 0.625. The molecule has 5 heteroatoms. The molecule has 1 aromatic rings. The first-order valence-electron chi connectivity index (χ1n) is 7.79. The highest BCUT2D eigenvalue weighted by atomic mass is 32.2. The summed E-state index contributed by atoms with van der Waals surface area (Å²) < 4.78 is 27.6. The number of nitrogens with zero attached hydrogens (tertiary/aromatic N) is 1. The Bertz CT molecular complexity index is 546. The van der Waals surface area contributed by atoms with E-state index < -0.39 is 10.0 Å². The second-order valence-corrected chi connectivity index (χ2v) is 8.16. The topological polar surface area (TPSA) is 63.4 Å². The first kappa shape index (κ1) is 16.3. The standard InChI is InChI=1S/C16H26N2O2S/c1-13(2)18(15-10-8-14(12-17)9-11-15)21(19,20)16-6-4-3-5-7-16/h8-11,13,16H,3-7,12,17H2,1-2H3. The van der Waals surface area contributed by atoms with E-state index in [1.165, 1.54) is 0 Å². The van der Waals surface area contributed by atoms with Crippen LogP contribution >= 0.6 is 0 Å². The molecule has 0 saturated heterocycles. The number of rotatable bonds is 5. The second kappa shape index (κ2) is 6.79. The molecule has 118 valence electrons. The summed E-state index contributed by atoms with van der Waals surface area (Å²) in [4.78, 5) is 0. The van der Waals surface area contributed by atoms with Crippen molar-refractivity contribution in [1.29, 1.82) is 0 Å². The third kappa shape index (κ3) is 3.58. The van der Waals surface area contributed by atoms with Crippen LogP contribution in [0.4, 0.5) is 5.69 Å². The first-order valence-corrected chi connectivity index (χ1v) is 9.29. The van der Waals surface area contributed by atoms with Gasteiger partial charge in [-0.15, -0.1) is 0 Å². The molecular weight excluding hydrogens is 284 g/mol. The maximum absolute atomic E-state index is 13.0. The van der Waals surface area contributed by atoms with Crippen molar-refractivity contribution >= 4 is 15.7 Å². The summed E-state index contributed by atoms with van der Waals surface area (Å²) >= 11 is 0. The van der Waals surface area contributed by atoms with Crippen molar-refractivity contribution in [3.05, 3.63) is 29.8 Å². The highest BCUT2D eigenvalue weighted by Gasteiger charge is 2.34. The van der Waals surface area contributed by atoms with E-state index in [0.717, 1.165) is 43.4 Å². The van der Waals surface area contributed by atoms with Crippen molar-refractivity contribution in [1.82, 2.24) is 0 Å². The largest absolute Gasteiger partial charge is 0.326 e. The minimum atomic E-state index is -3.29. The smallest absolute Gasteiger partial charge is 0.238 e. The molecule has 4 nitrogen and oxygen atoms in total. The van der Waals surface area contributed by atoms with Gasteiger partial charge in [0, 0.05) is 12.6 Å². The summed E-state index contributed by atoms with van der Waals surface area (Å²) in [6.45, 7) is 4.33. The van der Waals surface area contributed by atoms with Crippen molar-refractivity contribution in [2.45, 2.75) is 63.8 Å². The van der Waals surface area contributed by atoms with Gasteiger partial charge in [0.25, 0.3) is 0 Å². The molecule has 0 spiro atoms. The van der Waals surface area contributed by atoms with Gasteiger partial charge >= 0.3 is 0 Å². The summed E-state index contributed by atoms with van der Waals surface area (Å²) in [5, 5.41) is -0.233. The monoisotopic (exact) mass is 310 g/mol. The van der Waals surface area contributed by atoms with Crippen LogP contribution in [0.5, 0.6) is 0 Å². The summed E-state index contributed by atoms with van der Waals surface area (Å²) in [5.74, 6) is 0. The minimum Gasteiger partial charge on any atom is -0.326 e. The fourth-order valence-electron chi connectivity index (χ4n) is 3.04. The molecule has 0 heterocycles. The highest BCUT2D eigenvalue weighted by molar-refractivity contribution is 7.93. The summed E-state index contributed by atoms with van der Waals surface area (Å²) in [6.07, 6.45) is 4.75.